The fraction of sp³-hybridized carbons (Fsp3) is 0.500. The normalized spacial score (nSPS) is 19.6. The van der Waals surface area contributed by atoms with Gasteiger partial charge in [-0.1, -0.05) is 34.6 Å². The van der Waals surface area contributed by atoms with Crippen LogP contribution in [-0.4, -0.2) is 59.1 Å². The van der Waals surface area contributed by atoms with Crippen molar-refractivity contribution in [3.8, 4) is 0 Å². The van der Waals surface area contributed by atoms with Gasteiger partial charge in [0, 0.05) is 39.5 Å². The third kappa shape index (κ3) is 4.56. The van der Waals surface area contributed by atoms with Crippen molar-refractivity contribution in [2.75, 3.05) is 27.2 Å². The summed E-state index contributed by atoms with van der Waals surface area (Å²) in [5, 5.41) is 10.5. The Balaban J connectivity index is 1.70. The average Bonchev–Trinajstić information content (AvgIpc) is 3.25. The van der Waals surface area contributed by atoms with Crippen LogP contribution in [-0.2, 0) is 22.7 Å². The number of hydrogen-bond donors (Lipinski definition) is 1. The van der Waals surface area contributed by atoms with E-state index in [1.807, 2.05) is 26.1 Å². The minimum atomic E-state index is -0.114. The monoisotopic (exact) mass is 385 g/mol. The van der Waals surface area contributed by atoms with Gasteiger partial charge in [-0.05, 0) is 25.1 Å². The second-order valence-corrected chi connectivity index (χ2v) is 7.58. The lowest BCUT2D eigenvalue weighted by atomic mass is 9.87. The van der Waals surface area contributed by atoms with Crippen LogP contribution >= 0.6 is 0 Å². The summed E-state index contributed by atoms with van der Waals surface area (Å²) in [5.74, 6) is 0.0643. The van der Waals surface area contributed by atoms with Gasteiger partial charge < -0.3 is 15.1 Å². The van der Waals surface area contributed by atoms with Gasteiger partial charge in [-0.25, -0.2) is 4.63 Å². The van der Waals surface area contributed by atoms with Crippen molar-refractivity contribution in [3.05, 3.63) is 46.8 Å². The molecule has 8 heteroatoms. The number of likely N-dealkylation sites (tertiary alicyclic amines) is 1. The molecule has 1 N–H and O–H groups in total. The van der Waals surface area contributed by atoms with Crippen molar-refractivity contribution < 1.29 is 14.2 Å². The van der Waals surface area contributed by atoms with Gasteiger partial charge in [-0.15, -0.1) is 0 Å². The van der Waals surface area contributed by atoms with Crippen molar-refractivity contribution in [1.82, 2.24) is 25.4 Å². The summed E-state index contributed by atoms with van der Waals surface area (Å²) in [6.07, 6.45) is 0. The first-order chi connectivity index (χ1) is 13.3. The Hall–Kier alpha value is -2.74. The van der Waals surface area contributed by atoms with Gasteiger partial charge in [-0.3, -0.25) is 9.59 Å². The average molecular weight is 385 g/mol. The molecular formula is C20H27N5O3. The lowest BCUT2D eigenvalue weighted by molar-refractivity contribution is -0.134. The van der Waals surface area contributed by atoms with Gasteiger partial charge in [0.05, 0.1) is 12.5 Å². The van der Waals surface area contributed by atoms with Crippen LogP contribution in [0.5, 0.6) is 0 Å². The Bertz CT molecular complexity index is 833. The first kappa shape index (κ1) is 20.0. The van der Waals surface area contributed by atoms with Gasteiger partial charge in [0.2, 0.25) is 11.8 Å². The summed E-state index contributed by atoms with van der Waals surface area (Å²) < 4.78 is 4.73. The van der Waals surface area contributed by atoms with E-state index in [-0.39, 0.29) is 23.7 Å². The number of hydrogen-bond acceptors (Lipinski definition) is 6. The van der Waals surface area contributed by atoms with Crippen molar-refractivity contribution in [2.45, 2.75) is 32.9 Å². The Labute approximate surface area is 164 Å². The van der Waals surface area contributed by atoms with Crippen LogP contribution in [0.15, 0.2) is 28.9 Å². The second-order valence-electron chi connectivity index (χ2n) is 7.58. The zero-order valence-corrected chi connectivity index (χ0v) is 16.8. The van der Waals surface area contributed by atoms with Crippen molar-refractivity contribution in [2.24, 2.45) is 5.92 Å². The Morgan fingerprint density at radius 1 is 1.25 bits per heavy atom. The fourth-order valence-electron chi connectivity index (χ4n) is 3.68. The number of amides is 2. The van der Waals surface area contributed by atoms with Crippen LogP contribution in [0.25, 0.3) is 0 Å². The maximum absolute atomic E-state index is 13.1. The van der Waals surface area contributed by atoms with Crippen LogP contribution in [0.3, 0.4) is 0 Å². The van der Waals surface area contributed by atoms with E-state index >= 15 is 0 Å². The molecule has 2 heterocycles. The molecular weight excluding hydrogens is 358 g/mol. The standard InChI is InChI=1S/C20H27N5O3/c1-13-19(23-28-22-13)12-25(4)20(27)18-11-24(3)10-17(18)16-7-5-15(6-8-16)9-21-14(2)26/h5-8,17-18H,9-12H2,1-4H3,(H,21,26)/t17-,18+/m1/s1. The Morgan fingerprint density at radius 3 is 2.57 bits per heavy atom. The molecule has 1 fully saturated rings. The van der Waals surface area contributed by atoms with E-state index < -0.39 is 0 Å². The summed E-state index contributed by atoms with van der Waals surface area (Å²) in [5.41, 5.74) is 3.57. The molecule has 28 heavy (non-hydrogen) atoms. The highest BCUT2D eigenvalue weighted by atomic mass is 16.6. The number of carbonyl (C=O) groups excluding carboxylic acids is 2. The molecule has 2 amide bonds. The van der Waals surface area contributed by atoms with E-state index in [1.54, 1.807) is 11.9 Å². The zero-order chi connectivity index (χ0) is 20.3. The van der Waals surface area contributed by atoms with E-state index in [2.05, 4.69) is 32.7 Å². The predicted molar refractivity (Wildman–Crippen MR) is 103 cm³/mol. The highest BCUT2D eigenvalue weighted by molar-refractivity contribution is 5.80. The fourth-order valence-corrected chi connectivity index (χ4v) is 3.68. The number of benzene rings is 1. The zero-order valence-electron chi connectivity index (χ0n) is 16.8. The first-order valence-electron chi connectivity index (χ1n) is 9.40. The molecule has 2 aromatic rings. The van der Waals surface area contributed by atoms with Gasteiger partial charge in [0.1, 0.15) is 11.4 Å². The van der Waals surface area contributed by atoms with E-state index in [9.17, 15) is 9.59 Å². The Kier molecular flexibility index (Phi) is 6.08. The number of rotatable bonds is 6. The molecule has 1 saturated heterocycles. The molecule has 0 radical (unpaired) electrons. The molecule has 2 atom stereocenters. The molecule has 1 aliphatic rings. The van der Waals surface area contributed by atoms with Crippen LogP contribution in [0.2, 0.25) is 0 Å². The topological polar surface area (TPSA) is 91.6 Å². The third-order valence-corrected chi connectivity index (χ3v) is 5.28. The quantitative estimate of drug-likeness (QED) is 0.806. The highest BCUT2D eigenvalue weighted by Crippen LogP contribution is 2.33. The minimum Gasteiger partial charge on any atom is -0.352 e. The second kappa shape index (κ2) is 8.52. The maximum Gasteiger partial charge on any atom is 0.227 e. The molecule has 0 bridgehead atoms. The van der Waals surface area contributed by atoms with E-state index in [1.165, 1.54) is 6.92 Å². The number of carbonyl (C=O) groups is 2. The minimum absolute atomic E-state index is 0.0484. The van der Waals surface area contributed by atoms with E-state index in [4.69, 9.17) is 4.63 Å². The van der Waals surface area contributed by atoms with Gasteiger partial charge in [0.15, 0.2) is 0 Å². The largest absolute Gasteiger partial charge is 0.352 e. The predicted octanol–water partition coefficient (Wildman–Crippen LogP) is 1.32. The lowest BCUT2D eigenvalue weighted by Gasteiger charge is -2.24. The lowest BCUT2D eigenvalue weighted by Crippen LogP contribution is -2.36. The van der Waals surface area contributed by atoms with Gasteiger partial charge in [0.25, 0.3) is 0 Å². The molecule has 3 rings (SSSR count). The first-order valence-corrected chi connectivity index (χ1v) is 9.40. The van der Waals surface area contributed by atoms with Crippen molar-refractivity contribution in [3.63, 3.8) is 0 Å². The SMILES string of the molecule is CC(=O)NCc1ccc([C@H]2CN(C)C[C@@H]2C(=O)N(C)Cc2nonc2C)cc1. The molecule has 8 nitrogen and oxygen atoms in total. The highest BCUT2D eigenvalue weighted by Gasteiger charge is 2.38. The van der Waals surface area contributed by atoms with Crippen LogP contribution in [0.1, 0.15) is 35.4 Å². The van der Waals surface area contributed by atoms with Crippen LogP contribution in [0, 0.1) is 12.8 Å². The molecule has 0 spiro atoms. The molecule has 1 aromatic heterocycles. The van der Waals surface area contributed by atoms with E-state index in [0.29, 0.717) is 24.5 Å². The molecule has 0 unspecified atom stereocenters. The number of nitrogens with zero attached hydrogens (tertiary/aromatic N) is 4. The summed E-state index contributed by atoms with van der Waals surface area (Å²) >= 11 is 0. The summed E-state index contributed by atoms with van der Waals surface area (Å²) in [6.45, 7) is 5.77. The van der Waals surface area contributed by atoms with Crippen LogP contribution in [0.4, 0.5) is 0 Å². The molecule has 1 aliphatic heterocycles. The molecule has 1 aromatic carbocycles. The maximum atomic E-state index is 13.1. The number of aromatic nitrogens is 2. The van der Waals surface area contributed by atoms with Gasteiger partial charge >= 0.3 is 0 Å². The molecule has 0 aliphatic carbocycles. The molecule has 150 valence electrons. The van der Waals surface area contributed by atoms with Crippen molar-refractivity contribution in [1.29, 1.82) is 0 Å². The number of aryl methyl sites for hydroxylation is 1. The Morgan fingerprint density at radius 2 is 1.96 bits per heavy atom. The van der Waals surface area contributed by atoms with Gasteiger partial charge in [-0.2, -0.15) is 0 Å². The summed E-state index contributed by atoms with van der Waals surface area (Å²) in [4.78, 5) is 28.1. The summed E-state index contributed by atoms with van der Waals surface area (Å²) in [7, 11) is 3.83. The smallest absolute Gasteiger partial charge is 0.227 e. The van der Waals surface area contributed by atoms with Crippen LogP contribution < -0.4 is 5.32 Å². The third-order valence-electron chi connectivity index (χ3n) is 5.28. The van der Waals surface area contributed by atoms with Crippen molar-refractivity contribution >= 4 is 11.8 Å². The number of likely N-dealkylation sites (N-methyl/N-ethyl adjacent to an activating group) is 1. The number of nitrogens with one attached hydrogen (secondary N) is 1. The van der Waals surface area contributed by atoms with E-state index in [0.717, 1.165) is 24.2 Å². The molecule has 0 saturated carbocycles. The summed E-state index contributed by atoms with van der Waals surface area (Å²) in [6, 6.07) is 8.15.